The number of carbonyl (C=O) groups is 1. The van der Waals surface area contributed by atoms with Crippen LogP contribution in [0.4, 0.5) is 5.13 Å². The molecule has 5 nitrogen and oxygen atoms in total. The third-order valence-corrected chi connectivity index (χ3v) is 5.21. The van der Waals surface area contributed by atoms with Crippen molar-refractivity contribution in [1.82, 2.24) is 9.36 Å². The average Bonchev–Trinajstić information content (AvgIpc) is 2.92. The number of hydrogen-bond donors (Lipinski definition) is 1. The lowest BCUT2D eigenvalue weighted by molar-refractivity contribution is -0.138. The van der Waals surface area contributed by atoms with Crippen molar-refractivity contribution < 1.29 is 9.90 Å². The summed E-state index contributed by atoms with van der Waals surface area (Å²) in [6.45, 7) is 4.22. The second kappa shape index (κ2) is 5.31. The maximum Gasteiger partial charge on any atom is 0.303 e. The number of fused-ring (bicyclic) bond motifs is 2. The first-order valence-electron chi connectivity index (χ1n) is 7.38. The maximum atomic E-state index is 10.9. The smallest absolute Gasteiger partial charge is 0.303 e. The fraction of sp³-hybridized carbons (Fsp3) is 0.786. The molecule has 0 aromatic carbocycles. The van der Waals surface area contributed by atoms with Gasteiger partial charge in [0, 0.05) is 36.0 Å². The Hall–Kier alpha value is -1.17. The highest BCUT2D eigenvalue weighted by atomic mass is 32.1. The minimum atomic E-state index is -0.666. The van der Waals surface area contributed by atoms with Gasteiger partial charge < -0.3 is 10.0 Å². The van der Waals surface area contributed by atoms with E-state index in [0.717, 1.165) is 36.6 Å². The van der Waals surface area contributed by atoms with Gasteiger partial charge in [-0.1, -0.05) is 13.8 Å². The molecule has 6 heteroatoms. The molecule has 20 heavy (non-hydrogen) atoms. The molecule has 2 saturated heterocycles. The quantitative estimate of drug-likeness (QED) is 0.925. The van der Waals surface area contributed by atoms with Gasteiger partial charge in [0.15, 0.2) is 0 Å². The van der Waals surface area contributed by atoms with E-state index in [1.165, 1.54) is 11.5 Å². The van der Waals surface area contributed by atoms with E-state index < -0.39 is 5.97 Å². The zero-order valence-electron chi connectivity index (χ0n) is 12.0. The lowest BCUT2D eigenvalue weighted by atomic mass is 9.88. The summed E-state index contributed by atoms with van der Waals surface area (Å²) in [4.78, 5) is 18.0. The normalized spacial score (nSPS) is 29.1. The van der Waals surface area contributed by atoms with Gasteiger partial charge in [0.25, 0.3) is 0 Å². The summed E-state index contributed by atoms with van der Waals surface area (Å²) < 4.78 is 4.45. The molecule has 2 aliphatic rings. The first-order chi connectivity index (χ1) is 9.54. The number of aromatic nitrogens is 2. The van der Waals surface area contributed by atoms with Crippen molar-refractivity contribution in [2.45, 2.75) is 64.0 Å². The molecule has 3 heterocycles. The number of anilines is 1. The van der Waals surface area contributed by atoms with Gasteiger partial charge in [0.1, 0.15) is 5.82 Å². The van der Waals surface area contributed by atoms with Crippen molar-refractivity contribution in [2.24, 2.45) is 5.92 Å². The van der Waals surface area contributed by atoms with Crippen LogP contribution in [0.1, 0.15) is 57.7 Å². The van der Waals surface area contributed by atoms with Crippen LogP contribution >= 0.6 is 11.5 Å². The summed E-state index contributed by atoms with van der Waals surface area (Å²) in [5.41, 5.74) is 0. The van der Waals surface area contributed by atoms with Crippen LogP contribution in [-0.4, -0.2) is 32.5 Å². The Morgan fingerprint density at radius 2 is 2.05 bits per heavy atom. The number of aliphatic carboxylic acids is 1. The molecular formula is C14H21N3O2S. The SMILES string of the molecule is CC(C)c1nsc(N2C3CCC2CC(CC(=O)O)C3)n1. The highest BCUT2D eigenvalue weighted by Gasteiger charge is 2.42. The van der Waals surface area contributed by atoms with Gasteiger partial charge in [-0.25, -0.2) is 4.98 Å². The van der Waals surface area contributed by atoms with Crippen LogP contribution in [-0.2, 0) is 4.79 Å². The summed E-state index contributed by atoms with van der Waals surface area (Å²) in [6.07, 6.45) is 4.61. The Balaban J connectivity index is 1.74. The number of hydrogen-bond acceptors (Lipinski definition) is 5. The van der Waals surface area contributed by atoms with Gasteiger partial charge in [-0.3, -0.25) is 4.79 Å². The number of piperidine rings is 1. The van der Waals surface area contributed by atoms with E-state index in [2.05, 4.69) is 28.1 Å². The molecule has 3 rings (SSSR count). The molecule has 0 spiro atoms. The lowest BCUT2D eigenvalue weighted by Gasteiger charge is -2.38. The van der Waals surface area contributed by atoms with Crippen LogP contribution in [0.25, 0.3) is 0 Å². The second-order valence-electron chi connectivity index (χ2n) is 6.32. The number of carboxylic acid groups (broad SMARTS) is 1. The third-order valence-electron chi connectivity index (χ3n) is 4.46. The monoisotopic (exact) mass is 295 g/mol. The fourth-order valence-corrected chi connectivity index (χ4v) is 4.54. The molecule has 0 amide bonds. The van der Waals surface area contributed by atoms with E-state index in [9.17, 15) is 4.79 Å². The van der Waals surface area contributed by atoms with Crippen molar-refractivity contribution in [3.05, 3.63) is 5.82 Å². The van der Waals surface area contributed by atoms with E-state index in [4.69, 9.17) is 5.11 Å². The molecule has 2 atom stereocenters. The Kier molecular flexibility index (Phi) is 3.67. The highest BCUT2D eigenvalue weighted by molar-refractivity contribution is 7.09. The van der Waals surface area contributed by atoms with Gasteiger partial charge >= 0.3 is 5.97 Å². The van der Waals surface area contributed by atoms with Crippen LogP contribution < -0.4 is 4.90 Å². The van der Waals surface area contributed by atoms with Crippen LogP contribution in [0.5, 0.6) is 0 Å². The van der Waals surface area contributed by atoms with E-state index in [1.54, 1.807) is 0 Å². The molecule has 1 N–H and O–H groups in total. The van der Waals surface area contributed by atoms with Crippen LogP contribution in [0.15, 0.2) is 0 Å². The fourth-order valence-electron chi connectivity index (χ4n) is 3.58. The zero-order chi connectivity index (χ0) is 14.3. The first-order valence-corrected chi connectivity index (χ1v) is 8.15. The lowest BCUT2D eigenvalue weighted by Crippen LogP contribution is -2.43. The summed E-state index contributed by atoms with van der Waals surface area (Å²) in [5, 5.41) is 10.0. The van der Waals surface area contributed by atoms with Crippen molar-refractivity contribution in [2.75, 3.05) is 4.90 Å². The first kappa shape index (κ1) is 13.8. The van der Waals surface area contributed by atoms with Crippen molar-refractivity contribution >= 4 is 22.6 Å². The summed E-state index contributed by atoms with van der Waals surface area (Å²) in [6, 6.07) is 0.928. The standard InChI is InChI=1S/C14H21N3O2S/c1-8(2)13-15-14(20-16-13)17-10-3-4-11(17)6-9(5-10)7-12(18)19/h8-11H,3-7H2,1-2H3,(H,18,19). The molecule has 2 bridgehead atoms. The van der Waals surface area contributed by atoms with Crippen LogP contribution in [0.2, 0.25) is 0 Å². The molecule has 110 valence electrons. The predicted octanol–water partition coefficient (Wildman–Crippen LogP) is 2.88. The topological polar surface area (TPSA) is 66.3 Å². The average molecular weight is 295 g/mol. The predicted molar refractivity (Wildman–Crippen MR) is 78.3 cm³/mol. The van der Waals surface area contributed by atoms with E-state index in [0.29, 0.717) is 30.3 Å². The van der Waals surface area contributed by atoms with E-state index in [-0.39, 0.29) is 0 Å². The van der Waals surface area contributed by atoms with Gasteiger partial charge in [-0.15, -0.1) is 0 Å². The summed E-state index contributed by atoms with van der Waals surface area (Å²) in [5.74, 6) is 0.957. The molecule has 2 unspecified atom stereocenters. The summed E-state index contributed by atoms with van der Waals surface area (Å²) >= 11 is 1.50. The Bertz CT molecular complexity index is 488. The minimum Gasteiger partial charge on any atom is -0.481 e. The van der Waals surface area contributed by atoms with Gasteiger partial charge in [-0.05, 0) is 31.6 Å². The Labute approximate surface area is 123 Å². The molecule has 1 aromatic rings. The minimum absolute atomic E-state index is 0.314. The molecular weight excluding hydrogens is 274 g/mol. The molecule has 2 aliphatic heterocycles. The highest BCUT2D eigenvalue weighted by Crippen LogP contribution is 2.43. The van der Waals surface area contributed by atoms with Gasteiger partial charge in [0.2, 0.25) is 5.13 Å². The molecule has 0 radical (unpaired) electrons. The van der Waals surface area contributed by atoms with Crippen molar-refractivity contribution in [3.8, 4) is 0 Å². The zero-order valence-corrected chi connectivity index (χ0v) is 12.8. The van der Waals surface area contributed by atoms with Crippen molar-refractivity contribution in [3.63, 3.8) is 0 Å². The largest absolute Gasteiger partial charge is 0.481 e. The summed E-state index contributed by atoms with van der Waals surface area (Å²) in [7, 11) is 0. The molecule has 1 aromatic heterocycles. The Morgan fingerprint density at radius 3 is 2.55 bits per heavy atom. The molecule has 0 saturated carbocycles. The van der Waals surface area contributed by atoms with Gasteiger partial charge in [-0.2, -0.15) is 4.37 Å². The van der Waals surface area contributed by atoms with Crippen LogP contribution in [0, 0.1) is 5.92 Å². The second-order valence-corrected chi connectivity index (χ2v) is 7.05. The maximum absolute atomic E-state index is 10.9. The number of rotatable bonds is 4. The van der Waals surface area contributed by atoms with Crippen LogP contribution in [0.3, 0.4) is 0 Å². The van der Waals surface area contributed by atoms with Crippen molar-refractivity contribution in [1.29, 1.82) is 0 Å². The third kappa shape index (κ3) is 2.53. The number of carboxylic acids is 1. The van der Waals surface area contributed by atoms with E-state index in [1.807, 2.05) is 0 Å². The molecule has 2 fully saturated rings. The molecule has 0 aliphatic carbocycles. The Morgan fingerprint density at radius 1 is 1.40 bits per heavy atom. The van der Waals surface area contributed by atoms with Gasteiger partial charge in [0.05, 0.1) is 0 Å². The number of nitrogens with zero attached hydrogens (tertiary/aromatic N) is 3. The van der Waals surface area contributed by atoms with E-state index >= 15 is 0 Å².